The highest BCUT2D eigenvalue weighted by molar-refractivity contribution is 5.95. The third-order valence-corrected chi connectivity index (χ3v) is 3.70. The van der Waals surface area contributed by atoms with E-state index in [-0.39, 0.29) is 5.78 Å². The lowest BCUT2D eigenvalue weighted by atomic mass is 10.1. The minimum absolute atomic E-state index is 0.0715. The molecule has 0 unspecified atom stereocenters. The summed E-state index contributed by atoms with van der Waals surface area (Å²) in [6, 6.07) is 9.98. The van der Waals surface area contributed by atoms with Crippen LogP contribution in [0.4, 0.5) is 0 Å². The van der Waals surface area contributed by atoms with E-state index < -0.39 is 0 Å². The first-order valence-corrected chi connectivity index (χ1v) is 6.89. The summed E-state index contributed by atoms with van der Waals surface area (Å²) < 4.78 is 1.57. The van der Waals surface area contributed by atoms with E-state index in [0.29, 0.717) is 28.2 Å². The fraction of sp³-hybridized carbons (Fsp3) is 0.176. The van der Waals surface area contributed by atoms with E-state index in [1.54, 1.807) is 11.4 Å². The highest BCUT2D eigenvalue weighted by atomic mass is 16.1. The summed E-state index contributed by atoms with van der Waals surface area (Å²) >= 11 is 0. The smallest absolute Gasteiger partial charge is 0.173 e. The van der Waals surface area contributed by atoms with Crippen LogP contribution < -0.4 is 0 Å². The van der Waals surface area contributed by atoms with Gasteiger partial charge in [0.25, 0.3) is 0 Å². The van der Waals surface area contributed by atoms with Crippen molar-refractivity contribution in [1.29, 1.82) is 5.26 Å². The molecule has 0 spiro atoms. The summed E-state index contributed by atoms with van der Waals surface area (Å²) in [7, 11) is 0. The van der Waals surface area contributed by atoms with E-state index in [4.69, 9.17) is 0 Å². The first-order chi connectivity index (χ1) is 10.5. The van der Waals surface area contributed by atoms with Gasteiger partial charge in [-0.15, -0.1) is 0 Å². The number of aryl methyl sites for hydroxylation is 2. The van der Waals surface area contributed by atoms with Crippen LogP contribution in [0, 0.1) is 25.2 Å². The third-order valence-electron chi connectivity index (χ3n) is 3.70. The molecule has 22 heavy (non-hydrogen) atoms. The number of nitrogens with zero attached hydrogens (tertiary/aromatic N) is 4. The molecule has 3 rings (SSSR count). The normalized spacial score (nSPS) is 10.6. The third kappa shape index (κ3) is 2.06. The fourth-order valence-corrected chi connectivity index (χ4v) is 2.46. The second kappa shape index (κ2) is 5.08. The minimum atomic E-state index is -0.0715. The molecule has 0 aliphatic heterocycles. The molecule has 0 bridgehead atoms. The van der Waals surface area contributed by atoms with Gasteiger partial charge in [-0.3, -0.25) is 4.79 Å². The van der Waals surface area contributed by atoms with Gasteiger partial charge in [0.1, 0.15) is 17.3 Å². The Kier molecular flexibility index (Phi) is 3.22. The van der Waals surface area contributed by atoms with Crippen molar-refractivity contribution in [2.75, 3.05) is 0 Å². The van der Waals surface area contributed by atoms with Crippen molar-refractivity contribution in [2.24, 2.45) is 0 Å². The molecule has 0 saturated carbocycles. The number of hydrogen-bond acceptors (Lipinski definition) is 4. The van der Waals surface area contributed by atoms with Gasteiger partial charge in [-0.05, 0) is 20.8 Å². The van der Waals surface area contributed by atoms with Gasteiger partial charge >= 0.3 is 0 Å². The summed E-state index contributed by atoms with van der Waals surface area (Å²) in [6.45, 7) is 5.30. The second-order valence-corrected chi connectivity index (χ2v) is 5.25. The number of ketones is 1. The molecule has 1 aromatic carbocycles. The zero-order chi connectivity index (χ0) is 15.9. The molecule has 2 heterocycles. The number of carbonyl (C=O) groups excluding carboxylic acids is 1. The molecule has 0 atom stereocenters. The molecule has 108 valence electrons. The quantitative estimate of drug-likeness (QED) is 0.680. The molecule has 5 nitrogen and oxygen atoms in total. The van der Waals surface area contributed by atoms with Crippen LogP contribution in [0.5, 0.6) is 0 Å². The number of rotatable bonds is 2. The maximum Gasteiger partial charge on any atom is 0.173 e. The Morgan fingerprint density at radius 2 is 1.91 bits per heavy atom. The van der Waals surface area contributed by atoms with Gasteiger partial charge in [0.05, 0.1) is 11.3 Å². The van der Waals surface area contributed by atoms with E-state index in [1.807, 2.05) is 31.2 Å². The number of Topliss-reactive ketones (excluding diaryl/α,β-unsaturated/α-hetero) is 1. The van der Waals surface area contributed by atoms with Crippen LogP contribution in [0.3, 0.4) is 0 Å². The van der Waals surface area contributed by atoms with Gasteiger partial charge in [-0.2, -0.15) is 10.4 Å². The van der Waals surface area contributed by atoms with Crippen molar-refractivity contribution in [3.05, 3.63) is 52.8 Å². The second-order valence-electron chi connectivity index (χ2n) is 5.25. The zero-order valence-corrected chi connectivity index (χ0v) is 12.6. The predicted octanol–water partition coefficient (Wildman–Crippen LogP) is 3.09. The topological polar surface area (TPSA) is 71.0 Å². The lowest BCUT2D eigenvalue weighted by molar-refractivity contribution is 0.101. The molecule has 0 radical (unpaired) electrons. The molecule has 0 fully saturated rings. The van der Waals surface area contributed by atoms with E-state index in [1.165, 1.54) is 13.1 Å². The first kappa shape index (κ1) is 14.0. The number of fused-ring (bicyclic) bond motifs is 1. The zero-order valence-electron chi connectivity index (χ0n) is 12.6. The van der Waals surface area contributed by atoms with Gasteiger partial charge in [0, 0.05) is 11.8 Å². The summed E-state index contributed by atoms with van der Waals surface area (Å²) in [5.74, 6) is -0.0715. The highest BCUT2D eigenvalue weighted by Gasteiger charge is 2.18. The first-order valence-electron chi connectivity index (χ1n) is 6.89. The minimum Gasteiger partial charge on any atom is -0.294 e. The predicted molar refractivity (Wildman–Crippen MR) is 82.6 cm³/mol. The molecular weight excluding hydrogens is 276 g/mol. The Hall–Kier alpha value is -3.00. The Bertz CT molecular complexity index is 930. The van der Waals surface area contributed by atoms with Crippen molar-refractivity contribution in [3.8, 4) is 17.3 Å². The van der Waals surface area contributed by atoms with Gasteiger partial charge in [-0.25, -0.2) is 9.50 Å². The number of benzene rings is 1. The SMILES string of the molecule is CC(=O)c1cnc2c(C#N)c(-c3ccc(C)cc3)nn2c1C. The molecule has 0 N–H and O–H groups in total. The van der Waals surface area contributed by atoms with Gasteiger partial charge in [0.2, 0.25) is 0 Å². The van der Waals surface area contributed by atoms with Crippen molar-refractivity contribution in [1.82, 2.24) is 14.6 Å². The van der Waals surface area contributed by atoms with Crippen LogP contribution in [-0.4, -0.2) is 20.4 Å². The van der Waals surface area contributed by atoms with Crippen LogP contribution >= 0.6 is 0 Å². The lowest BCUT2D eigenvalue weighted by Crippen LogP contribution is -2.05. The Labute approximate surface area is 127 Å². The monoisotopic (exact) mass is 290 g/mol. The summed E-state index contributed by atoms with van der Waals surface area (Å²) in [6.07, 6.45) is 1.51. The van der Waals surface area contributed by atoms with Crippen molar-refractivity contribution < 1.29 is 4.79 Å². The number of nitriles is 1. The molecular formula is C17H14N4O. The lowest BCUT2D eigenvalue weighted by Gasteiger charge is -2.03. The maximum atomic E-state index is 11.6. The van der Waals surface area contributed by atoms with Crippen LogP contribution in [0.1, 0.15) is 34.1 Å². The van der Waals surface area contributed by atoms with Crippen molar-refractivity contribution >= 4 is 11.4 Å². The Morgan fingerprint density at radius 1 is 1.23 bits per heavy atom. The van der Waals surface area contributed by atoms with Crippen LogP contribution in [0.15, 0.2) is 30.5 Å². The number of hydrogen-bond donors (Lipinski definition) is 0. The molecule has 0 aliphatic rings. The Balaban J connectivity index is 2.32. The molecule has 3 aromatic rings. The van der Waals surface area contributed by atoms with Crippen molar-refractivity contribution in [3.63, 3.8) is 0 Å². The van der Waals surface area contributed by atoms with Gasteiger partial charge < -0.3 is 0 Å². The van der Waals surface area contributed by atoms with Crippen LogP contribution in [0.2, 0.25) is 0 Å². The van der Waals surface area contributed by atoms with E-state index in [2.05, 4.69) is 16.2 Å². The Morgan fingerprint density at radius 3 is 2.50 bits per heavy atom. The number of aromatic nitrogens is 3. The maximum absolute atomic E-state index is 11.6. The van der Waals surface area contributed by atoms with E-state index in [9.17, 15) is 10.1 Å². The average molecular weight is 290 g/mol. The molecule has 0 amide bonds. The standard InChI is InChI=1S/C17H14N4O/c1-10-4-6-13(7-5-10)16-14(8-18)17-19-9-15(12(3)22)11(2)21(17)20-16/h4-7,9H,1-3H3. The van der Waals surface area contributed by atoms with E-state index >= 15 is 0 Å². The largest absolute Gasteiger partial charge is 0.294 e. The average Bonchev–Trinajstić information content (AvgIpc) is 2.87. The molecule has 0 saturated heterocycles. The van der Waals surface area contributed by atoms with Crippen molar-refractivity contribution in [2.45, 2.75) is 20.8 Å². The molecule has 5 heteroatoms. The molecule has 2 aromatic heterocycles. The molecule has 0 aliphatic carbocycles. The van der Waals surface area contributed by atoms with E-state index in [0.717, 1.165) is 11.1 Å². The van der Waals surface area contributed by atoms with Crippen LogP contribution in [0.25, 0.3) is 16.9 Å². The summed E-state index contributed by atoms with van der Waals surface area (Å²) in [5.41, 5.74) is 4.67. The fourth-order valence-electron chi connectivity index (χ4n) is 2.46. The summed E-state index contributed by atoms with van der Waals surface area (Å²) in [4.78, 5) is 15.9. The highest BCUT2D eigenvalue weighted by Crippen LogP contribution is 2.26. The summed E-state index contributed by atoms with van der Waals surface area (Å²) in [5, 5.41) is 14.0. The number of carbonyl (C=O) groups is 1. The van der Waals surface area contributed by atoms with Crippen LogP contribution in [-0.2, 0) is 0 Å². The van der Waals surface area contributed by atoms with Gasteiger partial charge in [-0.1, -0.05) is 29.8 Å². The van der Waals surface area contributed by atoms with Gasteiger partial charge in [0.15, 0.2) is 11.4 Å².